The minimum atomic E-state index is -3.81. The summed E-state index contributed by atoms with van der Waals surface area (Å²) >= 11 is 0. The number of hydrogen-bond donors (Lipinski definition) is 2. The maximum Gasteiger partial charge on any atom is 0.261 e. The molecule has 0 bridgehead atoms. The molecule has 1 aromatic heterocycles. The van der Waals surface area contributed by atoms with Crippen LogP contribution >= 0.6 is 0 Å². The van der Waals surface area contributed by atoms with E-state index in [2.05, 4.69) is 15.0 Å². The number of ether oxygens (including phenoxy) is 2. The lowest BCUT2D eigenvalue weighted by atomic mass is 10.2. The Morgan fingerprint density at radius 1 is 0.735 bits per heavy atom. The second kappa shape index (κ2) is 10.1. The van der Waals surface area contributed by atoms with Crippen molar-refractivity contribution in [3.05, 3.63) is 103 Å². The summed E-state index contributed by atoms with van der Waals surface area (Å²) in [6.07, 6.45) is 3.27. The highest BCUT2D eigenvalue weighted by atomic mass is 32.2. The van der Waals surface area contributed by atoms with E-state index in [9.17, 15) is 13.2 Å². The Hall–Kier alpha value is -4.37. The average Bonchev–Trinajstić information content (AvgIpc) is 2.86. The molecule has 8 nitrogen and oxygen atoms in total. The molecule has 0 atom stereocenters. The summed E-state index contributed by atoms with van der Waals surface area (Å²) in [4.78, 5) is 16.6. The smallest absolute Gasteiger partial charge is 0.261 e. The molecule has 0 aliphatic rings. The van der Waals surface area contributed by atoms with Gasteiger partial charge in [-0.2, -0.15) is 0 Å². The Morgan fingerprint density at radius 2 is 1.29 bits per heavy atom. The first-order valence-electron chi connectivity index (χ1n) is 10.2. The van der Waals surface area contributed by atoms with Crippen molar-refractivity contribution in [3.8, 4) is 17.2 Å². The van der Waals surface area contributed by atoms with Gasteiger partial charge in [-0.25, -0.2) is 8.42 Å². The van der Waals surface area contributed by atoms with Crippen molar-refractivity contribution in [2.45, 2.75) is 4.90 Å². The predicted molar refractivity (Wildman–Crippen MR) is 129 cm³/mol. The molecule has 0 unspecified atom stereocenters. The van der Waals surface area contributed by atoms with Gasteiger partial charge in [0.15, 0.2) is 0 Å². The molecule has 0 saturated heterocycles. The first kappa shape index (κ1) is 22.8. The van der Waals surface area contributed by atoms with Crippen LogP contribution in [0.5, 0.6) is 17.2 Å². The second-order valence-corrected chi connectivity index (χ2v) is 8.80. The number of carbonyl (C=O) groups is 1. The molecule has 0 spiro atoms. The Bertz CT molecular complexity index is 1360. The minimum absolute atomic E-state index is 0.0393. The molecule has 9 heteroatoms. The predicted octanol–water partition coefficient (Wildman–Crippen LogP) is 4.94. The average molecular weight is 476 g/mol. The quantitative estimate of drug-likeness (QED) is 0.374. The van der Waals surface area contributed by atoms with Gasteiger partial charge in [0.2, 0.25) is 0 Å². The van der Waals surface area contributed by atoms with Crippen molar-refractivity contribution in [1.82, 2.24) is 4.98 Å². The highest BCUT2D eigenvalue weighted by molar-refractivity contribution is 7.92. The third kappa shape index (κ3) is 5.70. The van der Waals surface area contributed by atoms with Gasteiger partial charge in [0.25, 0.3) is 15.9 Å². The number of anilines is 2. The van der Waals surface area contributed by atoms with Gasteiger partial charge in [-0.05, 0) is 84.9 Å². The van der Waals surface area contributed by atoms with Crippen molar-refractivity contribution >= 4 is 27.3 Å². The summed E-state index contributed by atoms with van der Waals surface area (Å²) in [5.74, 6) is 1.52. The molecule has 2 N–H and O–H groups in total. The van der Waals surface area contributed by atoms with Gasteiger partial charge in [-0.3, -0.25) is 14.5 Å². The van der Waals surface area contributed by atoms with Crippen molar-refractivity contribution in [3.63, 3.8) is 0 Å². The molecule has 0 radical (unpaired) electrons. The van der Waals surface area contributed by atoms with Crippen LogP contribution in [0, 0.1) is 0 Å². The van der Waals surface area contributed by atoms with Crippen LogP contribution in [-0.2, 0) is 10.0 Å². The number of aromatic nitrogens is 1. The van der Waals surface area contributed by atoms with Crippen LogP contribution in [-0.4, -0.2) is 26.4 Å². The van der Waals surface area contributed by atoms with Crippen LogP contribution in [0.2, 0.25) is 0 Å². The molecule has 4 aromatic rings. The standard InChI is InChI=1S/C25H21N3O5S/c1-32-21-8-6-20(7-9-21)28-34(30,31)24-12-2-18(3-13-24)25(29)27-19-4-10-22(11-5-19)33-23-14-16-26-17-15-23/h2-17,28H,1H3,(H,27,29). The highest BCUT2D eigenvalue weighted by Gasteiger charge is 2.15. The zero-order chi connectivity index (χ0) is 24.0. The Morgan fingerprint density at radius 3 is 1.91 bits per heavy atom. The third-order valence-electron chi connectivity index (χ3n) is 4.77. The van der Waals surface area contributed by atoms with Crippen LogP contribution in [0.4, 0.5) is 11.4 Å². The molecule has 0 aliphatic carbocycles. The fourth-order valence-electron chi connectivity index (χ4n) is 3.01. The van der Waals surface area contributed by atoms with E-state index < -0.39 is 10.0 Å². The lowest BCUT2D eigenvalue weighted by Crippen LogP contribution is -2.14. The molecule has 0 saturated carbocycles. The van der Waals surface area contributed by atoms with Crippen LogP contribution in [0.15, 0.2) is 102 Å². The molecular formula is C25H21N3O5S. The van der Waals surface area contributed by atoms with E-state index in [0.717, 1.165) is 0 Å². The van der Waals surface area contributed by atoms with Gasteiger partial charge in [0.1, 0.15) is 17.2 Å². The van der Waals surface area contributed by atoms with Gasteiger partial charge in [-0.15, -0.1) is 0 Å². The normalized spacial score (nSPS) is 10.9. The van der Waals surface area contributed by atoms with Gasteiger partial charge >= 0.3 is 0 Å². The molecule has 0 fully saturated rings. The lowest BCUT2D eigenvalue weighted by Gasteiger charge is -2.10. The lowest BCUT2D eigenvalue weighted by molar-refractivity contribution is 0.102. The fourth-order valence-corrected chi connectivity index (χ4v) is 4.07. The monoisotopic (exact) mass is 475 g/mol. The number of rotatable bonds is 8. The Labute approximate surface area is 197 Å². The van der Waals surface area contributed by atoms with Crippen molar-refractivity contribution in [2.24, 2.45) is 0 Å². The molecule has 0 aliphatic heterocycles. The van der Waals surface area contributed by atoms with Gasteiger partial charge in [0, 0.05) is 29.3 Å². The molecule has 3 aromatic carbocycles. The summed E-state index contributed by atoms with van der Waals surface area (Å²) in [5.41, 5.74) is 1.30. The number of nitrogens with zero attached hydrogens (tertiary/aromatic N) is 1. The van der Waals surface area contributed by atoms with Crippen LogP contribution in [0.1, 0.15) is 10.4 Å². The molecule has 172 valence electrons. The SMILES string of the molecule is COc1ccc(NS(=O)(=O)c2ccc(C(=O)Nc3ccc(Oc4ccncc4)cc3)cc2)cc1. The number of amides is 1. The third-order valence-corrected chi connectivity index (χ3v) is 6.16. The maximum absolute atomic E-state index is 12.6. The number of methoxy groups -OCH3 is 1. The second-order valence-electron chi connectivity index (χ2n) is 7.12. The van der Waals surface area contributed by atoms with Crippen LogP contribution in [0.25, 0.3) is 0 Å². The van der Waals surface area contributed by atoms with E-state index in [1.807, 2.05) is 0 Å². The summed E-state index contributed by atoms with van der Waals surface area (Å²) in [6.45, 7) is 0. The highest BCUT2D eigenvalue weighted by Crippen LogP contribution is 2.23. The van der Waals surface area contributed by atoms with Crippen LogP contribution < -0.4 is 19.5 Å². The summed E-state index contributed by atoms with van der Waals surface area (Å²) in [5, 5.41) is 2.78. The van der Waals surface area contributed by atoms with Gasteiger partial charge < -0.3 is 14.8 Å². The Kier molecular flexibility index (Phi) is 6.74. The molecule has 34 heavy (non-hydrogen) atoms. The zero-order valence-electron chi connectivity index (χ0n) is 18.1. The summed E-state index contributed by atoms with van der Waals surface area (Å²) in [6, 6.07) is 22.6. The number of pyridine rings is 1. The first-order valence-corrected chi connectivity index (χ1v) is 11.7. The molecule has 1 heterocycles. The number of sulfonamides is 1. The van der Waals surface area contributed by atoms with Crippen molar-refractivity contribution in [2.75, 3.05) is 17.1 Å². The van der Waals surface area contributed by atoms with Crippen LogP contribution in [0.3, 0.4) is 0 Å². The van der Waals surface area contributed by atoms with E-state index >= 15 is 0 Å². The van der Waals surface area contributed by atoms with Gasteiger partial charge in [0.05, 0.1) is 12.0 Å². The number of carbonyl (C=O) groups excluding carboxylic acids is 1. The molecule has 1 amide bonds. The summed E-state index contributed by atoms with van der Waals surface area (Å²) in [7, 11) is -2.27. The van der Waals surface area contributed by atoms with Crippen molar-refractivity contribution < 1.29 is 22.7 Å². The van der Waals surface area contributed by atoms with Gasteiger partial charge in [-0.1, -0.05) is 0 Å². The largest absolute Gasteiger partial charge is 0.497 e. The Balaban J connectivity index is 1.38. The minimum Gasteiger partial charge on any atom is -0.497 e. The maximum atomic E-state index is 12.6. The van der Waals surface area contributed by atoms with E-state index in [-0.39, 0.29) is 10.8 Å². The fraction of sp³-hybridized carbons (Fsp3) is 0.0400. The van der Waals surface area contributed by atoms with Crippen molar-refractivity contribution in [1.29, 1.82) is 0 Å². The molecule has 4 rings (SSSR count). The zero-order valence-corrected chi connectivity index (χ0v) is 19.0. The number of nitrogens with one attached hydrogen (secondary N) is 2. The van der Waals surface area contributed by atoms with E-state index in [0.29, 0.717) is 34.2 Å². The van der Waals surface area contributed by atoms with E-state index in [1.54, 1.807) is 73.1 Å². The topological polar surface area (TPSA) is 107 Å². The number of benzene rings is 3. The van der Waals surface area contributed by atoms with E-state index in [1.165, 1.54) is 31.4 Å². The van der Waals surface area contributed by atoms with E-state index in [4.69, 9.17) is 9.47 Å². The number of hydrogen-bond acceptors (Lipinski definition) is 6. The summed E-state index contributed by atoms with van der Waals surface area (Å²) < 4.78 is 38.5. The first-order chi connectivity index (χ1) is 16.4. The molecular weight excluding hydrogens is 454 g/mol.